The minimum absolute atomic E-state index is 0.798. The Morgan fingerprint density at radius 1 is 0.639 bits per heavy atom. The molecule has 0 aliphatic carbocycles. The molecule has 0 N–H and O–H groups in total. The van der Waals surface area contributed by atoms with Crippen molar-refractivity contribution >= 4 is 0 Å². The van der Waals surface area contributed by atoms with Crippen molar-refractivity contribution in [3.63, 3.8) is 0 Å². The summed E-state index contributed by atoms with van der Waals surface area (Å²) in [6, 6.07) is 16.1. The summed E-state index contributed by atoms with van der Waals surface area (Å²) >= 11 is 0. The average molecular weight is 490 g/mol. The van der Waals surface area contributed by atoms with Crippen LogP contribution in [0.2, 0.25) is 0 Å². The van der Waals surface area contributed by atoms with E-state index in [1.165, 1.54) is 96.3 Å². The molecule has 2 aromatic heterocycles. The van der Waals surface area contributed by atoms with Crippen LogP contribution in [-0.2, 0) is 0 Å². The van der Waals surface area contributed by atoms with Crippen LogP contribution in [0.15, 0.2) is 60.9 Å². The summed E-state index contributed by atoms with van der Waals surface area (Å²) in [5.74, 6) is 1.76. The van der Waals surface area contributed by atoms with Gasteiger partial charge in [0.15, 0.2) is 5.82 Å². The fraction of sp³-hybridized carbons (Fsp3) is 0.562. The van der Waals surface area contributed by atoms with Gasteiger partial charge >= 0.3 is 0 Å². The first-order valence-electron chi connectivity index (χ1n) is 14.6. The van der Waals surface area contributed by atoms with Crippen LogP contribution in [0.4, 0.5) is 0 Å². The summed E-state index contributed by atoms with van der Waals surface area (Å²) in [7, 11) is 0. The summed E-state index contributed by atoms with van der Waals surface area (Å²) in [5.41, 5.74) is 2.02. The number of aromatic nitrogens is 3. The molecule has 0 saturated carbocycles. The largest absolute Gasteiger partial charge is 0.494 e. The molecule has 4 nitrogen and oxygen atoms in total. The second-order valence-corrected chi connectivity index (χ2v) is 10.0. The Hall–Kier alpha value is -2.62. The Labute approximate surface area is 219 Å². The van der Waals surface area contributed by atoms with Crippen molar-refractivity contribution in [2.45, 2.75) is 110 Å². The van der Waals surface area contributed by atoms with Crippen LogP contribution in [0.1, 0.15) is 110 Å². The van der Waals surface area contributed by atoms with E-state index in [1.54, 1.807) is 10.9 Å². The van der Waals surface area contributed by atoms with Crippen molar-refractivity contribution < 1.29 is 4.74 Å². The van der Waals surface area contributed by atoms with E-state index in [0.717, 1.165) is 35.9 Å². The van der Waals surface area contributed by atoms with Crippen LogP contribution >= 0.6 is 0 Å². The van der Waals surface area contributed by atoms with Crippen molar-refractivity contribution in [3.8, 4) is 22.8 Å². The third kappa shape index (κ3) is 11.0. The third-order valence-corrected chi connectivity index (χ3v) is 6.89. The molecule has 0 radical (unpaired) electrons. The first kappa shape index (κ1) is 28.0. The van der Waals surface area contributed by atoms with Gasteiger partial charge in [-0.15, -0.1) is 0 Å². The first-order chi connectivity index (χ1) is 17.9. The Bertz CT molecular complexity index is 920. The van der Waals surface area contributed by atoms with E-state index in [2.05, 4.69) is 29.1 Å². The second kappa shape index (κ2) is 17.8. The van der Waals surface area contributed by atoms with E-state index in [4.69, 9.17) is 4.74 Å². The lowest BCUT2D eigenvalue weighted by molar-refractivity contribution is 0.304. The highest BCUT2D eigenvalue weighted by atomic mass is 16.5. The highest BCUT2D eigenvalue weighted by Crippen LogP contribution is 2.22. The zero-order valence-corrected chi connectivity index (χ0v) is 22.5. The molecule has 4 heteroatoms. The molecule has 1 aromatic carbocycles. The Morgan fingerprint density at radius 3 is 1.78 bits per heavy atom. The fourth-order valence-corrected chi connectivity index (χ4v) is 4.66. The van der Waals surface area contributed by atoms with Gasteiger partial charge in [-0.3, -0.25) is 0 Å². The van der Waals surface area contributed by atoms with Gasteiger partial charge in [-0.2, -0.15) is 5.10 Å². The maximum atomic E-state index is 5.95. The number of hydrogen-bond donors (Lipinski definition) is 0. The molecule has 0 bridgehead atoms. The number of pyridine rings is 1. The number of unbranched alkanes of at least 4 members (excludes halogenated alkanes) is 15. The number of nitrogens with zero attached hydrogens (tertiary/aromatic N) is 3. The lowest BCUT2D eigenvalue weighted by Gasteiger charge is -2.07. The van der Waals surface area contributed by atoms with E-state index >= 15 is 0 Å². The summed E-state index contributed by atoms with van der Waals surface area (Å²) in [4.78, 5) is 4.35. The van der Waals surface area contributed by atoms with E-state index in [1.807, 2.05) is 42.6 Å². The van der Waals surface area contributed by atoms with Crippen LogP contribution in [0.3, 0.4) is 0 Å². The van der Waals surface area contributed by atoms with Crippen molar-refractivity contribution in [3.05, 3.63) is 60.9 Å². The Kier molecular flexibility index (Phi) is 13.8. The maximum Gasteiger partial charge on any atom is 0.153 e. The van der Waals surface area contributed by atoms with Crippen molar-refractivity contribution in [1.82, 2.24) is 14.8 Å². The molecule has 0 unspecified atom stereocenters. The van der Waals surface area contributed by atoms with E-state index < -0.39 is 0 Å². The quantitative estimate of drug-likeness (QED) is 0.148. The summed E-state index contributed by atoms with van der Waals surface area (Å²) in [6.07, 6.45) is 26.0. The van der Waals surface area contributed by atoms with Gasteiger partial charge in [-0.1, -0.05) is 109 Å². The Balaban J connectivity index is 1.16. The van der Waals surface area contributed by atoms with Crippen molar-refractivity contribution in [2.24, 2.45) is 0 Å². The van der Waals surface area contributed by atoms with Crippen LogP contribution in [0, 0.1) is 0 Å². The van der Waals surface area contributed by atoms with Gasteiger partial charge in [-0.05, 0) is 48.9 Å². The topological polar surface area (TPSA) is 39.9 Å². The van der Waals surface area contributed by atoms with Crippen LogP contribution in [0.5, 0.6) is 5.75 Å². The van der Waals surface area contributed by atoms with Gasteiger partial charge in [0.1, 0.15) is 5.75 Å². The first-order valence-corrected chi connectivity index (χ1v) is 14.6. The van der Waals surface area contributed by atoms with Gasteiger partial charge in [0.2, 0.25) is 0 Å². The average Bonchev–Trinajstić information content (AvgIpc) is 3.42. The lowest BCUT2D eigenvalue weighted by atomic mass is 10.0. The summed E-state index contributed by atoms with van der Waals surface area (Å²) in [6.45, 7) is 3.09. The van der Waals surface area contributed by atoms with Gasteiger partial charge in [0.25, 0.3) is 0 Å². The zero-order valence-electron chi connectivity index (χ0n) is 22.5. The van der Waals surface area contributed by atoms with Crippen LogP contribution in [-0.4, -0.2) is 21.4 Å². The van der Waals surface area contributed by atoms with Gasteiger partial charge in [-0.25, -0.2) is 9.67 Å². The van der Waals surface area contributed by atoms with Crippen molar-refractivity contribution in [2.75, 3.05) is 6.61 Å². The van der Waals surface area contributed by atoms with E-state index in [-0.39, 0.29) is 0 Å². The molecule has 0 fully saturated rings. The van der Waals surface area contributed by atoms with Gasteiger partial charge in [0.05, 0.1) is 12.3 Å². The SMILES string of the molecule is CCCCCCCCCCCCCCCCCCOc1ccc(-c2ccn(-c3ccccn3)n2)cc1. The fourth-order valence-electron chi connectivity index (χ4n) is 4.66. The number of hydrogen-bond acceptors (Lipinski definition) is 3. The number of ether oxygens (including phenoxy) is 1. The number of rotatable bonds is 20. The normalized spacial score (nSPS) is 11.1. The molecular weight excluding hydrogens is 442 g/mol. The Morgan fingerprint density at radius 2 is 1.22 bits per heavy atom. The molecule has 36 heavy (non-hydrogen) atoms. The van der Waals surface area contributed by atoms with Gasteiger partial charge in [0, 0.05) is 18.0 Å². The molecule has 0 aliphatic rings. The summed E-state index contributed by atoms with van der Waals surface area (Å²) in [5, 5.41) is 4.64. The maximum absolute atomic E-state index is 5.95. The van der Waals surface area contributed by atoms with Crippen LogP contribution < -0.4 is 4.74 Å². The predicted octanol–water partition coefficient (Wildman–Crippen LogP) is 9.57. The predicted molar refractivity (Wildman–Crippen MR) is 152 cm³/mol. The van der Waals surface area contributed by atoms with Crippen LogP contribution in [0.25, 0.3) is 17.1 Å². The smallest absolute Gasteiger partial charge is 0.153 e. The van der Waals surface area contributed by atoms with Crippen molar-refractivity contribution in [1.29, 1.82) is 0 Å². The second-order valence-electron chi connectivity index (χ2n) is 10.0. The molecule has 0 spiro atoms. The highest BCUT2D eigenvalue weighted by Gasteiger charge is 2.05. The molecule has 196 valence electrons. The standard InChI is InChI=1S/C32H47N3O/c1-2-3-4-5-6-7-8-9-10-11-12-13-14-15-16-19-28-36-30-23-21-29(22-24-30)31-25-27-35(34-31)32-20-17-18-26-33-32/h17-18,20-27H,2-16,19,28H2,1H3. The lowest BCUT2D eigenvalue weighted by Crippen LogP contribution is -1.98. The molecule has 2 heterocycles. The molecular formula is C32H47N3O. The molecule has 0 saturated heterocycles. The zero-order chi connectivity index (χ0) is 25.1. The summed E-state index contributed by atoms with van der Waals surface area (Å²) < 4.78 is 7.76. The highest BCUT2D eigenvalue weighted by molar-refractivity contribution is 5.59. The number of benzene rings is 1. The molecule has 3 aromatic rings. The molecule has 0 amide bonds. The molecule has 3 rings (SSSR count). The minimum Gasteiger partial charge on any atom is -0.494 e. The molecule has 0 aliphatic heterocycles. The van der Waals surface area contributed by atoms with E-state index in [0.29, 0.717) is 0 Å². The van der Waals surface area contributed by atoms with Gasteiger partial charge < -0.3 is 4.74 Å². The third-order valence-electron chi connectivity index (χ3n) is 6.89. The minimum atomic E-state index is 0.798. The monoisotopic (exact) mass is 489 g/mol. The van der Waals surface area contributed by atoms with E-state index in [9.17, 15) is 0 Å². The molecule has 0 atom stereocenters.